The van der Waals surface area contributed by atoms with E-state index in [0.29, 0.717) is 12.5 Å². The molecule has 0 spiro atoms. The maximum absolute atomic E-state index is 13.0. The molecule has 2 aliphatic rings. The van der Waals surface area contributed by atoms with Gasteiger partial charge in [-0.25, -0.2) is 4.99 Å². The van der Waals surface area contributed by atoms with Crippen molar-refractivity contribution in [3.63, 3.8) is 0 Å². The lowest BCUT2D eigenvalue weighted by Crippen LogP contribution is -2.53. The zero-order valence-corrected chi connectivity index (χ0v) is 17.4. The van der Waals surface area contributed by atoms with Crippen molar-refractivity contribution in [3.8, 4) is 0 Å². The van der Waals surface area contributed by atoms with Gasteiger partial charge in [0.2, 0.25) is 11.9 Å². The lowest BCUT2D eigenvalue weighted by atomic mass is 9.90. The van der Waals surface area contributed by atoms with Crippen molar-refractivity contribution in [2.45, 2.75) is 39.3 Å². The van der Waals surface area contributed by atoms with Gasteiger partial charge in [-0.2, -0.15) is 0 Å². The fraction of sp³-hybridized carbons (Fsp3) is 0.375. The number of hydrogen-bond donors (Lipinski definition) is 1. The Hall–Kier alpha value is -3.15. The number of carbonyl (C=O) groups excluding carboxylic acids is 2. The minimum atomic E-state index is -0.988. The van der Waals surface area contributed by atoms with Crippen LogP contribution in [0.15, 0.2) is 53.5 Å². The van der Waals surface area contributed by atoms with Crippen LogP contribution < -0.4 is 5.32 Å². The number of hydrogen-bond acceptors (Lipinski definition) is 5. The molecule has 0 bridgehead atoms. The predicted molar refractivity (Wildman–Crippen MR) is 115 cm³/mol. The molecule has 2 heterocycles. The standard InChI is InChI=1S/C24H27N3O3/c1-3-16-9-11-18(12-10-16)21-20(23(29)30-4-2)22(28)26-24(25-21)27-14-13-17-7-5-6-8-19(17)15-27/h5-12,20-21H,3-4,13-15H2,1-2H3,(H,25,26,28)/t20-,21-/m0/s1. The Labute approximate surface area is 176 Å². The van der Waals surface area contributed by atoms with Crippen molar-refractivity contribution in [2.24, 2.45) is 10.9 Å². The summed E-state index contributed by atoms with van der Waals surface area (Å²) in [5.41, 5.74) is 4.60. The van der Waals surface area contributed by atoms with Gasteiger partial charge in [-0.15, -0.1) is 0 Å². The van der Waals surface area contributed by atoms with Gasteiger partial charge < -0.3 is 9.64 Å². The van der Waals surface area contributed by atoms with E-state index in [1.165, 1.54) is 16.7 Å². The lowest BCUT2D eigenvalue weighted by molar-refractivity contribution is -0.153. The van der Waals surface area contributed by atoms with Gasteiger partial charge >= 0.3 is 5.97 Å². The number of carbonyl (C=O) groups is 2. The average Bonchev–Trinajstić information content (AvgIpc) is 2.78. The first-order valence-electron chi connectivity index (χ1n) is 10.6. The van der Waals surface area contributed by atoms with Crippen LogP contribution in [0.25, 0.3) is 0 Å². The van der Waals surface area contributed by atoms with E-state index in [-0.39, 0.29) is 12.5 Å². The molecule has 1 amide bonds. The number of guanidine groups is 1. The van der Waals surface area contributed by atoms with E-state index < -0.39 is 17.9 Å². The first kappa shape index (κ1) is 20.1. The highest BCUT2D eigenvalue weighted by Crippen LogP contribution is 2.32. The molecule has 6 nitrogen and oxygen atoms in total. The van der Waals surface area contributed by atoms with Crippen LogP contribution in [0.2, 0.25) is 0 Å². The van der Waals surface area contributed by atoms with E-state index in [1.54, 1.807) is 6.92 Å². The predicted octanol–water partition coefficient (Wildman–Crippen LogP) is 3.01. The normalized spacial score (nSPS) is 20.8. The SMILES string of the molecule is CCOC(=O)[C@@H]1C(=O)NC(N2CCc3ccccc3C2)=N[C@H]1c1ccc(CC)cc1. The Balaban J connectivity index is 1.68. The summed E-state index contributed by atoms with van der Waals surface area (Å²) in [7, 11) is 0. The second-order valence-corrected chi connectivity index (χ2v) is 7.65. The second-order valence-electron chi connectivity index (χ2n) is 7.65. The molecule has 156 valence electrons. The second kappa shape index (κ2) is 8.69. The average molecular weight is 405 g/mol. The number of aryl methyl sites for hydroxylation is 1. The summed E-state index contributed by atoms with van der Waals surface area (Å²) in [5, 5.41) is 2.86. The van der Waals surface area contributed by atoms with Crippen molar-refractivity contribution < 1.29 is 14.3 Å². The van der Waals surface area contributed by atoms with Crippen LogP contribution in [-0.4, -0.2) is 35.9 Å². The van der Waals surface area contributed by atoms with Crippen molar-refractivity contribution in [1.82, 2.24) is 10.2 Å². The summed E-state index contributed by atoms with van der Waals surface area (Å²) >= 11 is 0. The van der Waals surface area contributed by atoms with Gasteiger partial charge in [0.1, 0.15) is 6.04 Å². The minimum Gasteiger partial charge on any atom is -0.465 e. The molecule has 0 saturated heterocycles. The smallest absolute Gasteiger partial charge is 0.321 e. The monoisotopic (exact) mass is 405 g/mol. The maximum atomic E-state index is 13.0. The minimum absolute atomic E-state index is 0.226. The maximum Gasteiger partial charge on any atom is 0.321 e. The number of fused-ring (bicyclic) bond motifs is 1. The molecule has 0 unspecified atom stereocenters. The van der Waals surface area contributed by atoms with Gasteiger partial charge in [-0.05, 0) is 42.0 Å². The van der Waals surface area contributed by atoms with Gasteiger partial charge in [0, 0.05) is 13.1 Å². The molecule has 2 atom stereocenters. The highest BCUT2D eigenvalue weighted by Gasteiger charge is 2.42. The molecule has 6 heteroatoms. The molecular formula is C24H27N3O3. The number of nitrogens with one attached hydrogen (secondary N) is 1. The molecule has 0 aliphatic carbocycles. The van der Waals surface area contributed by atoms with Gasteiger partial charge in [-0.1, -0.05) is 55.5 Å². The summed E-state index contributed by atoms with van der Waals surface area (Å²) in [4.78, 5) is 32.5. The molecular weight excluding hydrogens is 378 g/mol. The van der Waals surface area contributed by atoms with E-state index >= 15 is 0 Å². The van der Waals surface area contributed by atoms with Gasteiger partial charge in [-0.3, -0.25) is 14.9 Å². The summed E-state index contributed by atoms with van der Waals surface area (Å²) in [5.74, 6) is -1.36. The third-order valence-electron chi connectivity index (χ3n) is 5.79. The van der Waals surface area contributed by atoms with Crippen LogP contribution in [0.4, 0.5) is 0 Å². The van der Waals surface area contributed by atoms with Crippen LogP contribution in [0.5, 0.6) is 0 Å². The number of aliphatic imine (C=N–C) groups is 1. The Kier molecular flexibility index (Phi) is 5.84. The van der Waals surface area contributed by atoms with Crippen LogP contribution in [0, 0.1) is 5.92 Å². The third kappa shape index (κ3) is 3.95. The Morgan fingerprint density at radius 1 is 1.13 bits per heavy atom. The van der Waals surface area contributed by atoms with Crippen molar-refractivity contribution in [2.75, 3.05) is 13.2 Å². The fourth-order valence-electron chi connectivity index (χ4n) is 4.09. The number of esters is 1. The van der Waals surface area contributed by atoms with Gasteiger partial charge in [0.25, 0.3) is 0 Å². The molecule has 0 radical (unpaired) electrons. The van der Waals surface area contributed by atoms with Crippen molar-refractivity contribution in [3.05, 3.63) is 70.8 Å². The largest absolute Gasteiger partial charge is 0.465 e. The number of amides is 1. The first-order chi connectivity index (χ1) is 14.6. The van der Waals surface area contributed by atoms with Crippen molar-refractivity contribution in [1.29, 1.82) is 0 Å². The summed E-state index contributed by atoms with van der Waals surface area (Å²) < 4.78 is 5.19. The van der Waals surface area contributed by atoms with E-state index in [2.05, 4.69) is 29.3 Å². The Morgan fingerprint density at radius 2 is 1.87 bits per heavy atom. The molecule has 2 aliphatic heterocycles. The van der Waals surface area contributed by atoms with Crippen LogP contribution in [0.3, 0.4) is 0 Å². The number of rotatable bonds is 4. The molecule has 2 aromatic carbocycles. The Morgan fingerprint density at radius 3 is 2.57 bits per heavy atom. The van der Waals surface area contributed by atoms with E-state index in [1.807, 2.05) is 36.4 Å². The topological polar surface area (TPSA) is 71.0 Å². The zero-order chi connectivity index (χ0) is 21.1. The first-order valence-corrected chi connectivity index (χ1v) is 10.6. The number of nitrogens with zero attached hydrogens (tertiary/aromatic N) is 2. The highest BCUT2D eigenvalue weighted by molar-refractivity contribution is 6.08. The highest BCUT2D eigenvalue weighted by atomic mass is 16.5. The van der Waals surface area contributed by atoms with E-state index in [4.69, 9.17) is 9.73 Å². The van der Waals surface area contributed by atoms with Crippen LogP contribution >= 0.6 is 0 Å². The molecule has 1 N–H and O–H groups in total. The molecule has 30 heavy (non-hydrogen) atoms. The van der Waals surface area contributed by atoms with E-state index in [9.17, 15) is 9.59 Å². The van der Waals surface area contributed by atoms with Crippen molar-refractivity contribution >= 4 is 17.8 Å². The molecule has 0 saturated carbocycles. The number of ether oxygens (including phenoxy) is 1. The lowest BCUT2D eigenvalue weighted by Gasteiger charge is -2.36. The van der Waals surface area contributed by atoms with Gasteiger partial charge in [0.05, 0.1) is 6.61 Å². The van der Waals surface area contributed by atoms with E-state index in [0.717, 1.165) is 24.9 Å². The molecule has 0 aromatic heterocycles. The van der Waals surface area contributed by atoms with Gasteiger partial charge in [0.15, 0.2) is 5.92 Å². The molecule has 4 rings (SSSR count). The number of benzene rings is 2. The Bertz CT molecular complexity index is 968. The zero-order valence-electron chi connectivity index (χ0n) is 17.4. The quantitative estimate of drug-likeness (QED) is 0.627. The third-order valence-corrected chi connectivity index (χ3v) is 5.79. The van der Waals surface area contributed by atoms with Crippen LogP contribution in [-0.2, 0) is 33.7 Å². The summed E-state index contributed by atoms with van der Waals surface area (Å²) in [6.45, 7) is 5.50. The summed E-state index contributed by atoms with van der Waals surface area (Å²) in [6.07, 6.45) is 1.82. The fourth-order valence-corrected chi connectivity index (χ4v) is 4.09. The van der Waals surface area contributed by atoms with Crippen LogP contribution in [0.1, 0.15) is 42.1 Å². The molecule has 0 fully saturated rings. The molecule has 2 aromatic rings. The summed E-state index contributed by atoms with van der Waals surface area (Å²) in [6, 6.07) is 15.7.